The molecule has 0 aliphatic heterocycles. The summed E-state index contributed by atoms with van der Waals surface area (Å²) in [4.78, 5) is 0. The van der Waals surface area contributed by atoms with Crippen molar-refractivity contribution >= 4 is 0 Å². The van der Waals surface area contributed by atoms with Crippen LogP contribution in [-0.4, -0.2) is 0 Å². The van der Waals surface area contributed by atoms with Crippen LogP contribution >= 0.6 is 0 Å². The van der Waals surface area contributed by atoms with E-state index >= 15 is 0 Å². The highest BCUT2D eigenvalue weighted by Crippen LogP contribution is 2.26. The zero-order valence-corrected chi connectivity index (χ0v) is 8.19. The van der Waals surface area contributed by atoms with Crippen LogP contribution < -0.4 is 0 Å². The summed E-state index contributed by atoms with van der Waals surface area (Å²) in [5.74, 6) is 0. The van der Waals surface area contributed by atoms with E-state index in [9.17, 15) is 0 Å². The summed E-state index contributed by atoms with van der Waals surface area (Å²) in [5.41, 5.74) is 0.452. The molecule has 1 radical (unpaired) electrons. The number of rotatable bonds is 5. The Bertz CT molecular complexity index is 109. The fourth-order valence-electron chi connectivity index (χ4n) is 1.15. The lowest BCUT2D eigenvalue weighted by Gasteiger charge is -2.21. The Balaban J connectivity index is 3.62. The van der Waals surface area contributed by atoms with Gasteiger partial charge >= 0.3 is 0 Å². The van der Waals surface area contributed by atoms with E-state index in [4.69, 9.17) is 0 Å². The normalized spacial score (nSPS) is 12.7. The van der Waals surface area contributed by atoms with Crippen molar-refractivity contribution < 1.29 is 0 Å². The van der Waals surface area contributed by atoms with E-state index in [1.165, 1.54) is 12.8 Å². The van der Waals surface area contributed by atoms with Gasteiger partial charge in [0.15, 0.2) is 0 Å². The van der Waals surface area contributed by atoms with Gasteiger partial charge in [0.1, 0.15) is 0 Å². The van der Waals surface area contributed by atoms with Crippen molar-refractivity contribution in [2.75, 3.05) is 0 Å². The van der Waals surface area contributed by atoms with Gasteiger partial charge in [-0.1, -0.05) is 46.3 Å². The lowest BCUT2D eigenvalue weighted by atomic mass is 9.84. The molecule has 11 heavy (non-hydrogen) atoms. The molecular weight excluding hydrogens is 132 g/mol. The predicted octanol–water partition coefficient (Wildman–Crippen LogP) is 3.98. The van der Waals surface area contributed by atoms with Crippen LogP contribution in [0.2, 0.25) is 0 Å². The molecule has 0 spiro atoms. The van der Waals surface area contributed by atoms with Crippen molar-refractivity contribution in [3.05, 3.63) is 19.1 Å². The molecule has 0 aliphatic carbocycles. The van der Waals surface area contributed by atoms with Crippen molar-refractivity contribution in [3.63, 3.8) is 0 Å². The van der Waals surface area contributed by atoms with Gasteiger partial charge in [0.05, 0.1) is 0 Å². The number of allylic oxidation sites excluding steroid dienone is 2. The largest absolute Gasteiger partial charge is 0.0888 e. The molecule has 0 amide bonds. The van der Waals surface area contributed by atoms with Crippen LogP contribution in [0.5, 0.6) is 0 Å². The quantitative estimate of drug-likeness (QED) is 0.524. The van der Waals surface area contributed by atoms with Crippen molar-refractivity contribution in [1.29, 1.82) is 0 Å². The third-order valence-electron chi connectivity index (χ3n) is 1.93. The van der Waals surface area contributed by atoms with E-state index in [1.807, 2.05) is 0 Å². The second kappa shape index (κ2) is 5.40. The minimum atomic E-state index is 0.452. The molecule has 65 valence electrons. The van der Waals surface area contributed by atoms with Gasteiger partial charge < -0.3 is 0 Å². The van der Waals surface area contributed by atoms with Gasteiger partial charge in [-0.15, -0.1) is 0 Å². The molecule has 0 aliphatic rings. The molecule has 0 bridgehead atoms. The first-order chi connectivity index (χ1) is 5.12. The molecule has 0 aromatic rings. The van der Waals surface area contributed by atoms with Gasteiger partial charge in [0, 0.05) is 0 Å². The maximum absolute atomic E-state index is 3.88. The number of hydrogen-bond donors (Lipinski definition) is 0. The Morgan fingerprint density at radius 1 is 1.27 bits per heavy atom. The summed E-state index contributed by atoms with van der Waals surface area (Å²) < 4.78 is 0. The average Bonchev–Trinajstić information content (AvgIpc) is 1.87. The highest BCUT2D eigenvalue weighted by molar-refractivity contribution is 4.86. The van der Waals surface area contributed by atoms with Crippen molar-refractivity contribution in [2.45, 2.75) is 46.5 Å². The van der Waals surface area contributed by atoms with Gasteiger partial charge in [-0.25, -0.2) is 0 Å². The Morgan fingerprint density at radius 3 is 2.36 bits per heavy atom. The smallest absolute Gasteiger partial charge is 0.0299 e. The first-order valence-corrected chi connectivity index (χ1v) is 4.56. The fourth-order valence-corrected chi connectivity index (χ4v) is 1.15. The summed E-state index contributed by atoms with van der Waals surface area (Å²) >= 11 is 0. The second-order valence-electron chi connectivity index (χ2n) is 3.85. The Kier molecular flexibility index (Phi) is 5.27. The summed E-state index contributed by atoms with van der Waals surface area (Å²) in [5, 5.41) is 0. The maximum Gasteiger partial charge on any atom is -0.0299 e. The predicted molar refractivity (Wildman–Crippen MR) is 52.4 cm³/mol. The van der Waals surface area contributed by atoms with E-state index in [0.29, 0.717) is 5.41 Å². The zero-order valence-electron chi connectivity index (χ0n) is 8.19. The van der Waals surface area contributed by atoms with Crippen LogP contribution in [0.25, 0.3) is 0 Å². The van der Waals surface area contributed by atoms with Crippen LogP contribution in [0.3, 0.4) is 0 Å². The third kappa shape index (κ3) is 6.15. The Morgan fingerprint density at radius 2 is 1.91 bits per heavy atom. The molecule has 0 fully saturated rings. The van der Waals surface area contributed by atoms with Crippen LogP contribution in [0, 0.1) is 12.3 Å². The topological polar surface area (TPSA) is 0 Å². The summed E-state index contributed by atoms with van der Waals surface area (Å²) in [6.45, 7) is 10.7. The SMILES string of the molecule is [CH2]CCC(C)(C)C/C=C/CC. The molecule has 0 atom stereocenters. The molecule has 0 saturated carbocycles. The van der Waals surface area contributed by atoms with Crippen LogP contribution in [0.15, 0.2) is 12.2 Å². The average molecular weight is 153 g/mol. The van der Waals surface area contributed by atoms with Gasteiger partial charge in [-0.3, -0.25) is 0 Å². The van der Waals surface area contributed by atoms with Gasteiger partial charge in [0.25, 0.3) is 0 Å². The fraction of sp³-hybridized carbons (Fsp3) is 0.727. The molecule has 0 unspecified atom stereocenters. The zero-order chi connectivity index (χ0) is 8.74. The molecular formula is C11H21. The minimum absolute atomic E-state index is 0.452. The first-order valence-electron chi connectivity index (χ1n) is 4.56. The summed E-state index contributed by atoms with van der Waals surface area (Å²) in [6, 6.07) is 0. The van der Waals surface area contributed by atoms with Crippen LogP contribution in [0.4, 0.5) is 0 Å². The number of hydrogen-bond acceptors (Lipinski definition) is 0. The summed E-state index contributed by atoms with van der Waals surface area (Å²) in [6.07, 6.45) is 9.14. The lowest BCUT2D eigenvalue weighted by Crippen LogP contribution is -2.08. The second-order valence-corrected chi connectivity index (χ2v) is 3.85. The van der Waals surface area contributed by atoms with Crippen molar-refractivity contribution in [3.8, 4) is 0 Å². The standard InChI is InChI=1S/C11H21/c1-5-7-8-10-11(3,4)9-6-2/h7-8H,2,5-6,9-10H2,1,3-4H3/b8-7+. The molecule has 0 heteroatoms. The molecule has 0 N–H and O–H groups in total. The summed E-state index contributed by atoms with van der Waals surface area (Å²) in [7, 11) is 0. The maximum atomic E-state index is 3.88. The highest BCUT2D eigenvalue weighted by atomic mass is 14.2. The van der Waals surface area contributed by atoms with Crippen molar-refractivity contribution in [1.82, 2.24) is 0 Å². The van der Waals surface area contributed by atoms with Gasteiger partial charge in [0.2, 0.25) is 0 Å². The molecule has 0 aromatic heterocycles. The van der Waals surface area contributed by atoms with Crippen LogP contribution in [-0.2, 0) is 0 Å². The van der Waals surface area contributed by atoms with Crippen molar-refractivity contribution in [2.24, 2.45) is 5.41 Å². The van der Waals surface area contributed by atoms with E-state index in [1.54, 1.807) is 0 Å². The Labute approximate surface area is 71.7 Å². The molecule has 0 nitrogen and oxygen atoms in total. The third-order valence-corrected chi connectivity index (χ3v) is 1.93. The molecule has 0 heterocycles. The van der Waals surface area contributed by atoms with E-state index in [2.05, 4.69) is 39.8 Å². The Hall–Kier alpha value is -0.260. The molecule has 0 aromatic carbocycles. The van der Waals surface area contributed by atoms with E-state index in [0.717, 1.165) is 12.8 Å². The monoisotopic (exact) mass is 153 g/mol. The van der Waals surface area contributed by atoms with E-state index in [-0.39, 0.29) is 0 Å². The molecule has 0 saturated heterocycles. The van der Waals surface area contributed by atoms with Gasteiger partial charge in [-0.2, -0.15) is 0 Å². The van der Waals surface area contributed by atoms with Gasteiger partial charge in [-0.05, 0) is 24.7 Å². The highest BCUT2D eigenvalue weighted by Gasteiger charge is 2.13. The first kappa shape index (κ1) is 10.7. The van der Waals surface area contributed by atoms with Crippen LogP contribution in [0.1, 0.15) is 46.5 Å². The minimum Gasteiger partial charge on any atom is -0.0888 e. The van der Waals surface area contributed by atoms with E-state index < -0.39 is 0 Å². The molecule has 0 rings (SSSR count). The lowest BCUT2D eigenvalue weighted by molar-refractivity contribution is 0.342.